The Morgan fingerprint density at radius 3 is 2.67 bits per heavy atom. The van der Waals surface area contributed by atoms with Gasteiger partial charge in [-0.2, -0.15) is 0 Å². The summed E-state index contributed by atoms with van der Waals surface area (Å²) in [5, 5.41) is 10.1. The van der Waals surface area contributed by atoms with E-state index in [2.05, 4.69) is 36.1 Å². The third-order valence-electron chi connectivity index (χ3n) is 5.66. The number of hydrogen-bond donors (Lipinski definition) is 1. The van der Waals surface area contributed by atoms with Crippen LogP contribution in [0.25, 0.3) is 0 Å². The van der Waals surface area contributed by atoms with Crippen molar-refractivity contribution in [1.82, 2.24) is 4.90 Å². The topological polar surface area (TPSA) is 23.5 Å². The summed E-state index contributed by atoms with van der Waals surface area (Å²) in [7, 11) is 0. The molecule has 4 rings (SSSR count). The average molecular weight is 321 g/mol. The summed E-state index contributed by atoms with van der Waals surface area (Å²) in [4.78, 5) is 2.69. The Labute approximate surface area is 145 Å². The van der Waals surface area contributed by atoms with Gasteiger partial charge in [0.25, 0.3) is 0 Å². The molecule has 2 aromatic carbocycles. The Balaban J connectivity index is 1.65. The van der Waals surface area contributed by atoms with Crippen molar-refractivity contribution in [2.24, 2.45) is 5.92 Å². The molecule has 1 fully saturated rings. The zero-order valence-corrected chi connectivity index (χ0v) is 14.8. The fourth-order valence-corrected chi connectivity index (χ4v) is 3.99. The number of rotatable bonds is 4. The van der Waals surface area contributed by atoms with E-state index in [9.17, 15) is 5.11 Å². The summed E-state index contributed by atoms with van der Waals surface area (Å²) >= 11 is 0. The standard InChI is InChI=1S/C22H27NO/c1-15-3-8-20-19(11-15)9-10-23(14-17-6-7-17)21(20)12-18-5-4-16(2)22(24)13-18/h3-5,8,11,13,17,21,24H,6-7,9-10,12,14H2,1-2H3/t21-/m0/s1. The molecule has 1 N–H and O–H groups in total. The highest BCUT2D eigenvalue weighted by Crippen LogP contribution is 2.38. The summed E-state index contributed by atoms with van der Waals surface area (Å²) in [6, 6.07) is 13.6. The van der Waals surface area contributed by atoms with Gasteiger partial charge in [-0.3, -0.25) is 4.90 Å². The van der Waals surface area contributed by atoms with E-state index < -0.39 is 0 Å². The van der Waals surface area contributed by atoms with Crippen molar-refractivity contribution in [1.29, 1.82) is 0 Å². The number of hydrogen-bond acceptors (Lipinski definition) is 2. The van der Waals surface area contributed by atoms with Gasteiger partial charge in [-0.1, -0.05) is 35.9 Å². The van der Waals surface area contributed by atoms with Crippen molar-refractivity contribution in [3.05, 3.63) is 64.2 Å². The number of aryl methyl sites for hydroxylation is 2. The predicted molar refractivity (Wildman–Crippen MR) is 98.5 cm³/mol. The summed E-state index contributed by atoms with van der Waals surface area (Å²) < 4.78 is 0. The molecule has 126 valence electrons. The van der Waals surface area contributed by atoms with Crippen molar-refractivity contribution in [2.45, 2.75) is 45.6 Å². The second kappa shape index (κ2) is 6.25. The van der Waals surface area contributed by atoms with Gasteiger partial charge in [0.05, 0.1) is 0 Å². The van der Waals surface area contributed by atoms with E-state index in [0.717, 1.165) is 24.4 Å². The van der Waals surface area contributed by atoms with Gasteiger partial charge in [0.15, 0.2) is 0 Å². The summed E-state index contributed by atoms with van der Waals surface area (Å²) in [5.74, 6) is 1.33. The van der Waals surface area contributed by atoms with Crippen molar-refractivity contribution < 1.29 is 5.11 Å². The maximum absolute atomic E-state index is 10.1. The lowest BCUT2D eigenvalue weighted by Crippen LogP contribution is -2.38. The third-order valence-corrected chi connectivity index (χ3v) is 5.66. The molecule has 2 heteroatoms. The first-order chi connectivity index (χ1) is 11.6. The van der Waals surface area contributed by atoms with Gasteiger partial charge >= 0.3 is 0 Å². The van der Waals surface area contributed by atoms with Gasteiger partial charge in [0.1, 0.15) is 5.75 Å². The molecule has 0 spiro atoms. The molecule has 1 aliphatic heterocycles. The first kappa shape index (κ1) is 15.7. The number of benzene rings is 2. The van der Waals surface area contributed by atoms with Crippen LogP contribution in [0.5, 0.6) is 5.75 Å². The molecular weight excluding hydrogens is 294 g/mol. The van der Waals surface area contributed by atoms with Crippen LogP contribution >= 0.6 is 0 Å². The first-order valence-corrected chi connectivity index (χ1v) is 9.22. The minimum atomic E-state index is 0.418. The van der Waals surface area contributed by atoms with Crippen molar-refractivity contribution in [3.63, 3.8) is 0 Å². The van der Waals surface area contributed by atoms with Gasteiger partial charge < -0.3 is 5.11 Å². The lowest BCUT2D eigenvalue weighted by atomic mass is 9.87. The Hall–Kier alpha value is -1.80. The van der Waals surface area contributed by atoms with E-state index in [-0.39, 0.29) is 0 Å². The van der Waals surface area contributed by atoms with Gasteiger partial charge in [-0.05, 0) is 73.8 Å². The third kappa shape index (κ3) is 3.21. The SMILES string of the molecule is Cc1ccc2c(c1)CCN(CC1CC1)[C@H]2Cc1ccc(C)c(O)c1. The molecule has 0 saturated heterocycles. The fourth-order valence-electron chi connectivity index (χ4n) is 3.99. The smallest absolute Gasteiger partial charge is 0.118 e. The molecule has 1 aliphatic carbocycles. The maximum Gasteiger partial charge on any atom is 0.118 e. The lowest BCUT2D eigenvalue weighted by molar-refractivity contribution is 0.175. The predicted octanol–water partition coefficient (Wildman–Crippen LogP) is 4.56. The van der Waals surface area contributed by atoms with Gasteiger partial charge in [0.2, 0.25) is 0 Å². The lowest BCUT2D eigenvalue weighted by Gasteiger charge is -2.38. The Morgan fingerprint density at radius 2 is 1.92 bits per heavy atom. The Morgan fingerprint density at radius 1 is 1.08 bits per heavy atom. The molecule has 1 heterocycles. The highest BCUT2D eigenvalue weighted by atomic mass is 16.3. The summed E-state index contributed by atoms with van der Waals surface area (Å²) in [6.45, 7) is 6.53. The number of nitrogens with zero attached hydrogens (tertiary/aromatic N) is 1. The van der Waals surface area contributed by atoms with Crippen molar-refractivity contribution >= 4 is 0 Å². The average Bonchev–Trinajstić information content (AvgIpc) is 3.37. The molecule has 0 amide bonds. The highest BCUT2D eigenvalue weighted by molar-refractivity contribution is 5.39. The van der Waals surface area contributed by atoms with Crippen molar-refractivity contribution in [3.8, 4) is 5.75 Å². The molecular formula is C22H27NO. The van der Waals surface area contributed by atoms with E-state index in [1.54, 1.807) is 0 Å². The van der Waals surface area contributed by atoms with Crippen LogP contribution in [0.2, 0.25) is 0 Å². The number of phenolic OH excluding ortho intramolecular Hbond substituents is 1. The normalized spacial score (nSPS) is 20.8. The fraction of sp³-hybridized carbons (Fsp3) is 0.455. The van der Waals surface area contributed by atoms with Gasteiger partial charge in [-0.25, -0.2) is 0 Å². The number of fused-ring (bicyclic) bond motifs is 1. The zero-order valence-electron chi connectivity index (χ0n) is 14.8. The monoisotopic (exact) mass is 321 g/mol. The Bertz CT molecular complexity index is 748. The Kier molecular flexibility index (Phi) is 4.09. The molecule has 0 aromatic heterocycles. The van der Waals surface area contributed by atoms with Crippen LogP contribution in [0.4, 0.5) is 0 Å². The van der Waals surface area contributed by atoms with E-state index in [0.29, 0.717) is 11.8 Å². The van der Waals surface area contributed by atoms with Crippen LogP contribution in [0.15, 0.2) is 36.4 Å². The first-order valence-electron chi connectivity index (χ1n) is 9.22. The minimum Gasteiger partial charge on any atom is -0.508 e. The summed E-state index contributed by atoms with van der Waals surface area (Å²) in [5.41, 5.74) is 6.55. The molecule has 0 unspecified atom stereocenters. The number of aromatic hydroxyl groups is 1. The molecule has 2 nitrogen and oxygen atoms in total. The molecule has 0 bridgehead atoms. The second-order valence-electron chi connectivity index (χ2n) is 7.73. The van der Waals surface area contributed by atoms with E-state index in [1.807, 2.05) is 19.1 Å². The van der Waals surface area contributed by atoms with E-state index in [4.69, 9.17) is 0 Å². The van der Waals surface area contributed by atoms with Crippen LogP contribution in [0.3, 0.4) is 0 Å². The number of phenols is 1. The van der Waals surface area contributed by atoms with Crippen LogP contribution in [-0.2, 0) is 12.8 Å². The van der Waals surface area contributed by atoms with Crippen LogP contribution < -0.4 is 0 Å². The quantitative estimate of drug-likeness (QED) is 0.892. The second-order valence-corrected chi connectivity index (χ2v) is 7.73. The zero-order chi connectivity index (χ0) is 16.7. The van der Waals surface area contributed by atoms with Gasteiger partial charge in [0, 0.05) is 19.1 Å². The van der Waals surface area contributed by atoms with Gasteiger partial charge in [-0.15, -0.1) is 0 Å². The molecule has 1 atom stereocenters. The van der Waals surface area contributed by atoms with Crippen LogP contribution in [0, 0.1) is 19.8 Å². The molecule has 24 heavy (non-hydrogen) atoms. The largest absolute Gasteiger partial charge is 0.508 e. The van der Waals surface area contributed by atoms with Crippen LogP contribution in [0.1, 0.15) is 46.7 Å². The molecule has 0 radical (unpaired) electrons. The van der Waals surface area contributed by atoms with Crippen LogP contribution in [-0.4, -0.2) is 23.1 Å². The molecule has 2 aromatic rings. The highest BCUT2D eigenvalue weighted by Gasteiger charge is 2.32. The van der Waals surface area contributed by atoms with E-state index in [1.165, 1.54) is 48.1 Å². The van der Waals surface area contributed by atoms with Crippen molar-refractivity contribution in [2.75, 3.05) is 13.1 Å². The molecule has 2 aliphatic rings. The minimum absolute atomic E-state index is 0.418. The van der Waals surface area contributed by atoms with E-state index >= 15 is 0 Å². The molecule has 1 saturated carbocycles. The maximum atomic E-state index is 10.1. The summed E-state index contributed by atoms with van der Waals surface area (Å²) in [6.07, 6.45) is 4.95.